The molecule has 85 heavy (non-hydrogen) atoms. The van der Waals surface area contributed by atoms with Gasteiger partial charge in [-0.05, 0) is 69.6 Å². The van der Waals surface area contributed by atoms with Crippen LogP contribution < -0.4 is 17.1 Å². The summed E-state index contributed by atoms with van der Waals surface area (Å²) in [5.41, 5.74) is -1.86. The second kappa shape index (κ2) is 40.6. The fraction of sp³-hybridized carbons (Fsp3) is 0.936. The molecule has 1 aromatic heterocycles. The first-order valence-corrected chi connectivity index (χ1v) is 50.4. The molecular formula is C47H113N3O25Si10. The van der Waals surface area contributed by atoms with E-state index in [4.69, 9.17) is 96.1 Å². The minimum Gasteiger partial charge on any atom is -0.416 e. The molecule has 2 heterocycles. The van der Waals surface area contributed by atoms with Gasteiger partial charge in [-0.15, -0.1) is 0 Å². The topological polar surface area (TPSA) is 269 Å². The van der Waals surface area contributed by atoms with Crippen molar-refractivity contribution in [1.29, 1.82) is 0 Å². The van der Waals surface area contributed by atoms with Gasteiger partial charge in [0.2, 0.25) is 0 Å². The summed E-state index contributed by atoms with van der Waals surface area (Å²) in [5.74, 6) is 0. The molecule has 0 saturated carbocycles. The number of unbranched alkanes of at least 4 members (excludes halogenated alkanes) is 1. The van der Waals surface area contributed by atoms with E-state index in [1.807, 2.05) is 6.92 Å². The highest BCUT2D eigenvalue weighted by molar-refractivity contribution is 6.94. The van der Waals surface area contributed by atoms with E-state index in [-0.39, 0.29) is 19.6 Å². The van der Waals surface area contributed by atoms with Gasteiger partial charge in [0.15, 0.2) is 0 Å². The van der Waals surface area contributed by atoms with Gasteiger partial charge in [-0.3, -0.25) is 0 Å². The van der Waals surface area contributed by atoms with E-state index >= 15 is 0 Å². The molecule has 1 fully saturated rings. The lowest BCUT2D eigenvalue weighted by atomic mass is 10.3. The quantitative estimate of drug-likeness (QED) is 0.0661. The van der Waals surface area contributed by atoms with Gasteiger partial charge < -0.3 is 96.1 Å². The van der Waals surface area contributed by atoms with Gasteiger partial charge >= 0.3 is 104 Å². The van der Waals surface area contributed by atoms with Crippen molar-refractivity contribution in [2.45, 2.75) is 166 Å². The van der Waals surface area contributed by atoms with Gasteiger partial charge in [0.05, 0.1) is 0 Å². The maximum atomic E-state index is 13.1. The highest BCUT2D eigenvalue weighted by Gasteiger charge is 2.59. The SMILES string of the molecule is CCCCn1c(=O)n(CCC[Si](OC)(OC)OC)c(=O)n(CCC[Si](OC)(OC)OC)c1=O.CCC[Si](OC)(OC)OC.CCC[Si]1(C)O[Si](C)(CC[Si](OC)(OC)OC)O[Si](C)(CC[Si](OC)(OC)OC)O[Si](C)(CC[Si](OC)(OC)OC)O1. The number of hydrogen-bond donors (Lipinski definition) is 0. The van der Waals surface area contributed by atoms with Crippen LogP contribution in [0.5, 0.6) is 0 Å². The fourth-order valence-electron chi connectivity index (χ4n) is 10.0. The summed E-state index contributed by atoms with van der Waals surface area (Å²) >= 11 is 0. The molecule has 0 aliphatic carbocycles. The van der Waals surface area contributed by atoms with Gasteiger partial charge in [-0.1, -0.05) is 40.0 Å². The number of rotatable bonds is 42. The Bertz CT molecular complexity index is 2000. The van der Waals surface area contributed by atoms with E-state index in [1.165, 1.54) is 42.7 Å². The lowest BCUT2D eigenvalue weighted by molar-refractivity contribution is 0.121. The average molecular weight is 1400 g/mol. The zero-order valence-corrected chi connectivity index (χ0v) is 66.5. The third-order valence-corrected chi connectivity index (χ3v) is 52.1. The minimum atomic E-state index is -3.01. The first-order chi connectivity index (χ1) is 40.0. The van der Waals surface area contributed by atoms with Crippen LogP contribution in [0.4, 0.5) is 0 Å². The van der Waals surface area contributed by atoms with E-state index in [9.17, 15) is 14.4 Å². The van der Waals surface area contributed by atoms with Gasteiger partial charge in [-0.25, -0.2) is 28.1 Å². The number of nitrogens with zero attached hydrogens (tertiary/aromatic N) is 3. The lowest BCUT2D eigenvalue weighted by Crippen LogP contribution is -2.68. The summed E-state index contributed by atoms with van der Waals surface area (Å²) in [6.45, 7) is 15.1. The van der Waals surface area contributed by atoms with Crippen LogP contribution in [-0.2, 0) is 116 Å². The second-order valence-corrected chi connectivity index (χ2v) is 53.5. The van der Waals surface area contributed by atoms with Crippen molar-refractivity contribution < 1.29 is 96.1 Å². The van der Waals surface area contributed by atoms with Crippen molar-refractivity contribution in [3.8, 4) is 0 Å². The Morgan fingerprint density at radius 3 is 0.671 bits per heavy atom. The van der Waals surface area contributed by atoms with E-state index in [0.717, 1.165) is 45.1 Å². The molecule has 2 rings (SSSR count). The van der Waals surface area contributed by atoms with E-state index in [2.05, 4.69) is 40.0 Å². The minimum absolute atomic E-state index is 0.113. The summed E-state index contributed by atoms with van der Waals surface area (Å²) in [6.07, 6.45) is 4.22. The van der Waals surface area contributed by atoms with E-state index in [0.29, 0.717) is 67.6 Å². The largest absolute Gasteiger partial charge is 0.500 e. The van der Waals surface area contributed by atoms with Crippen LogP contribution in [0.15, 0.2) is 14.4 Å². The zero-order chi connectivity index (χ0) is 65.5. The molecule has 1 saturated heterocycles. The molecule has 1 aromatic rings. The Kier molecular flexibility index (Phi) is 40.5. The standard InChI is InChI=1S/C22H58O13Si7.C19H39N3O9Si2.C6H16O3Si/c1-15-16-36(11)32-37(12,17-20-40(23-2,24-3)25-4)34-39(14,19-22-42(29-8,30-9)31-10)35-38(13,33-36)18-21-41(26-5,27-6)28-7;1-8-9-12-20-17(23)21(13-10-15-32(26-2,27-3)28-4)19(25)22(18(20)24)14-11-16-33(29-5,30-6)31-7;1-5-6-10(7-2,8-3)9-4/h15-22H2,1-14H3;8-16H2,1-7H3;5-6H2,1-4H3. The van der Waals surface area contributed by atoms with Crippen LogP contribution in [0.3, 0.4) is 0 Å². The smallest absolute Gasteiger partial charge is 0.416 e. The van der Waals surface area contributed by atoms with Crippen molar-refractivity contribution in [2.75, 3.05) is 128 Å². The molecule has 0 radical (unpaired) electrons. The molecule has 2 unspecified atom stereocenters. The summed E-state index contributed by atoms with van der Waals surface area (Å²) in [7, 11) is 0.242. The summed E-state index contributed by atoms with van der Waals surface area (Å²) in [4.78, 5) is 39.1. The summed E-state index contributed by atoms with van der Waals surface area (Å²) < 4.78 is 132. The van der Waals surface area contributed by atoms with E-state index < -0.39 is 104 Å². The normalized spacial score (nSPS) is 21.0. The molecule has 0 amide bonds. The zero-order valence-electron chi connectivity index (χ0n) is 56.5. The Hall–Kier alpha value is -0.301. The predicted molar refractivity (Wildman–Crippen MR) is 344 cm³/mol. The van der Waals surface area contributed by atoms with Gasteiger partial charge in [0, 0.05) is 184 Å². The van der Waals surface area contributed by atoms with Crippen LogP contribution in [0, 0.1) is 0 Å². The van der Waals surface area contributed by atoms with Gasteiger partial charge in [0.25, 0.3) is 0 Å². The fourth-order valence-corrected chi connectivity index (χ4v) is 48.6. The van der Waals surface area contributed by atoms with Crippen LogP contribution in [0.25, 0.3) is 0 Å². The monoisotopic (exact) mass is 1400 g/mol. The third-order valence-electron chi connectivity index (χ3n) is 15.1. The summed E-state index contributed by atoms with van der Waals surface area (Å²) in [5, 5.41) is 0. The molecule has 1 aliphatic heterocycles. The average Bonchev–Trinajstić information content (AvgIpc) is 2.42. The Morgan fingerprint density at radius 2 is 0.482 bits per heavy atom. The third kappa shape index (κ3) is 25.3. The molecule has 2 atom stereocenters. The second-order valence-electron chi connectivity index (χ2n) is 20.6. The Balaban J connectivity index is 0.00000145. The van der Waals surface area contributed by atoms with Gasteiger partial charge in [0.1, 0.15) is 0 Å². The first-order valence-electron chi connectivity index (χ1n) is 28.7. The molecule has 38 heteroatoms. The lowest BCUT2D eigenvalue weighted by Gasteiger charge is -2.51. The summed E-state index contributed by atoms with van der Waals surface area (Å²) in [6, 6.07) is 5.91. The maximum absolute atomic E-state index is 13.1. The highest BCUT2D eigenvalue weighted by atomic mass is 28.5. The number of aromatic nitrogens is 3. The molecule has 0 N–H and O–H groups in total. The van der Waals surface area contributed by atoms with Crippen molar-refractivity contribution in [1.82, 2.24) is 13.7 Å². The van der Waals surface area contributed by atoms with Crippen LogP contribution in [-0.4, -0.2) is 229 Å². The molecule has 28 nitrogen and oxygen atoms in total. The molecule has 0 bridgehead atoms. The van der Waals surface area contributed by atoms with Crippen molar-refractivity contribution >= 4 is 87.1 Å². The molecule has 0 aromatic carbocycles. The molecular weight excluding hydrogens is 1290 g/mol. The van der Waals surface area contributed by atoms with Crippen LogP contribution in [0.2, 0.25) is 86.6 Å². The van der Waals surface area contributed by atoms with Crippen LogP contribution >= 0.6 is 0 Å². The molecule has 506 valence electrons. The number of hydrogen-bond acceptors (Lipinski definition) is 25. The van der Waals surface area contributed by atoms with Crippen LogP contribution in [0.1, 0.15) is 59.3 Å². The molecule has 0 spiro atoms. The first kappa shape index (κ1) is 84.7. The predicted octanol–water partition coefficient (Wildman–Crippen LogP) is 6.18. The van der Waals surface area contributed by atoms with Crippen molar-refractivity contribution in [3.05, 3.63) is 31.5 Å². The van der Waals surface area contributed by atoms with E-state index in [1.54, 1.807) is 85.3 Å². The molecule has 1 aliphatic rings. The van der Waals surface area contributed by atoms with Gasteiger partial charge in [-0.2, -0.15) is 0 Å². The Morgan fingerprint density at radius 1 is 0.282 bits per heavy atom. The maximum Gasteiger partial charge on any atom is 0.500 e. The van der Waals surface area contributed by atoms with Crippen molar-refractivity contribution in [3.63, 3.8) is 0 Å². The highest BCUT2D eigenvalue weighted by Crippen LogP contribution is 2.41. The Labute approximate surface area is 519 Å². The van der Waals surface area contributed by atoms with Crippen molar-refractivity contribution in [2.24, 2.45) is 0 Å².